The molecule has 0 bridgehead atoms. The molecule has 1 aliphatic heterocycles. The first-order valence-corrected chi connectivity index (χ1v) is 7.92. The number of hydrogen-bond acceptors (Lipinski definition) is 5. The molecule has 124 valence electrons. The Labute approximate surface area is 134 Å². The van der Waals surface area contributed by atoms with E-state index >= 15 is 0 Å². The van der Waals surface area contributed by atoms with E-state index in [1.54, 1.807) is 6.26 Å². The van der Waals surface area contributed by atoms with Gasteiger partial charge in [-0.25, -0.2) is 4.98 Å². The van der Waals surface area contributed by atoms with Crippen molar-refractivity contribution in [1.29, 1.82) is 0 Å². The number of H-pyrrole nitrogens is 1. The summed E-state index contributed by atoms with van der Waals surface area (Å²) >= 11 is 0. The number of furan rings is 1. The maximum Gasteiger partial charge on any atom is 0.216 e. The molecule has 0 amide bonds. The Balaban J connectivity index is 1.58. The topological polar surface area (TPSA) is 103 Å². The summed E-state index contributed by atoms with van der Waals surface area (Å²) in [5.41, 5.74) is 0. The van der Waals surface area contributed by atoms with E-state index in [9.17, 15) is 5.11 Å². The summed E-state index contributed by atoms with van der Waals surface area (Å²) in [6, 6.07) is 3.63. The zero-order chi connectivity index (χ0) is 16.1. The lowest BCUT2D eigenvalue weighted by atomic mass is 10.3. The van der Waals surface area contributed by atoms with Crippen LogP contribution in [-0.4, -0.2) is 63.4 Å². The normalized spacial score (nSPS) is 18.6. The van der Waals surface area contributed by atoms with Gasteiger partial charge >= 0.3 is 0 Å². The number of aromatic nitrogens is 3. The van der Waals surface area contributed by atoms with Crippen LogP contribution in [0.2, 0.25) is 0 Å². The van der Waals surface area contributed by atoms with Crippen molar-refractivity contribution in [2.45, 2.75) is 25.9 Å². The van der Waals surface area contributed by atoms with Gasteiger partial charge in [-0.2, -0.15) is 5.10 Å². The van der Waals surface area contributed by atoms with Gasteiger partial charge in [0.2, 0.25) is 5.82 Å². The van der Waals surface area contributed by atoms with E-state index in [1.165, 1.54) is 0 Å². The molecule has 1 saturated heterocycles. The lowest BCUT2D eigenvalue weighted by molar-refractivity contribution is 0.188. The molecule has 1 fully saturated rings. The molecule has 8 nitrogen and oxygen atoms in total. The third-order valence-corrected chi connectivity index (χ3v) is 3.68. The van der Waals surface area contributed by atoms with Crippen molar-refractivity contribution < 1.29 is 9.52 Å². The summed E-state index contributed by atoms with van der Waals surface area (Å²) in [4.78, 5) is 11.1. The van der Waals surface area contributed by atoms with E-state index in [0.717, 1.165) is 31.3 Å². The molecule has 0 radical (unpaired) electrons. The van der Waals surface area contributed by atoms with E-state index in [4.69, 9.17) is 4.42 Å². The minimum absolute atomic E-state index is 0.260. The first kappa shape index (κ1) is 15.5. The highest BCUT2D eigenvalue weighted by Gasteiger charge is 2.22. The second-order valence-corrected chi connectivity index (χ2v) is 5.46. The highest BCUT2D eigenvalue weighted by Crippen LogP contribution is 2.14. The smallest absolute Gasteiger partial charge is 0.216 e. The second kappa shape index (κ2) is 7.28. The van der Waals surface area contributed by atoms with E-state index in [-0.39, 0.29) is 6.10 Å². The lowest BCUT2D eigenvalue weighted by Crippen LogP contribution is -2.40. The number of aliphatic hydroxyl groups excluding tert-OH is 1. The van der Waals surface area contributed by atoms with Crippen LogP contribution in [0.4, 0.5) is 0 Å². The van der Waals surface area contributed by atoms with Gasteiger partial charge in [0, 0.05) is 32.6 Å². The molecule has 3 heterocycles. The summed E-state index contributed by atoms with van der Waals surface area (Å²) in [5.74, 6) is 2.83. The van der Waals surface area contributed by atoms with Crippen LogP contribution < -0.4 is 5.32 Å². The summed E-state index contributed by atoms with van der Waals surface area (Å²) in [6.07, 6.45) is 2.80. The molecule has 2 aromatic heterocycles. The van der Waals surface area contributed by atoms with E-state index in [2.05, 4.69) is 30.4 Å². The Morgan fingerprint density at radius 2 is 2.52 bits per heavy atom. The highest BCUT2D eigenvalue weighted by atomic mass is 16.3. The highest BCUT2D eigenvalue weighted by molar-refractivity contribution is 5.80. The number of nitrogens with one attached hydrogen (secondary N) is 2. The third-order valence-electron chi connectivity index (χ3n) is 3.68. The zero-order valence-corrected chi connectivity index (χ0v) is 13.2. The molecule has 0 aliphatic carbocycles. The van der Waals surface area contributed by atoms with Crippen LogP contribution in [0.5, 0.6) is 0 Å². The van der Waals surface area contributed by atoms with Crippen molar-refractivity contribution in [2.75, 3.05) is 26.2 Å². The van der Waals surface area contributed by atoms with Crippen molar-refractivity contribution in [3.05, 3.63) is 24.2 Å². The van der Waals surface area contributed by atoms with Crippen molar-refractivity contribution in [3.8, 4) is 11.6 Å². The molecule has 0 unspecified atom stereocenters. The minimum Gasteiger partial charge on any atom is -0.461 e. The average molecular weight is 318 g/mol. The molecule has 23 heavy (non-hydrogen) atoms. The van der Waals surface area contributed by atoms with Crippen LogP contribution in [-0.2, 0) is 6.42 Å². The van der Waals surface area contributed by atoms with Gasteiger partial charge in [-0.3, -0.25) is 10.1 Å². The van der Waals surface area contributed by atoms with Crippen LogP contribution in [0.15, 0.2) is 27.8 Å². The summed E-state index contributed by atoms with van der Waals surface area (Å²) in [5, 5.41) is 20.0. The number of guanidine groups is 1. The fourth-order valence-electron chi connectivity index (χ4n) is 2.55. The van der Waals surface area contributed by atoms with Gasteiger partial charge in [0.1, 0.15) is 5.82 Å². The van der Waals surface area contributed by atoms with Crippen molar-refractivity contribution in [1.82, 2.24) is 25.4 Å². The zero-order valence-electron chi connectivity index (χ0n) is 13.2. The minimum atomic E-state index is -0.260. The number of hydrogen-bond donors (Lipinski definition) is 3. The number of nitrogens with zero attached hydrogens (tertiary/aromatic N) is 4. The van der Waals surface area contributed by atoms with Gasteiger partial charge in [0.25, 0.3) is 0 Å². The largest absolute Gasteiger partial charge is 0.461 e. The molecular weight excluding hydrogens is 296 g/mol. The van der Waals surface area contributed by atoms with Gasteiger partial charge in [-0.1, -0.05) is 0 Å². The van der Waals surface area contributed by atoms with Crippen LogP contribution in [0, 0.1) is 0 Å². The number of aliphatic hydroxyl groups is 1. The predicted molar refractivity (Wildman–Crippen MR) is 86.0 cm³/mol. The Kier molecular flexibility index (Phi) is 4.92. The Morgan fingerprint density at radius 1 is 1.61 bits per heavy atom. The third kappa shape index (κ3) is 3.89. The first-order chi connectivity index (χ1) is 11.3. The number of likely N-dealkylation sites (tertiary alicyclic amines) is 1. The molecule has 0 aromatic carbocycles. The standard InChI is InChI=1S/C15H22N6O2/c1-2-16-15(21-8-6-11(22)10-21)17-7-5-13-18-14(20-19-13)12-4-3-9-23-12/h3-4,9,11,22H,2,5-8,10H2,1H3,(H,16,17)(H,18,19,20)/t11-/m1/s1. The quantitative estimate of drug-likeness (QED) is 0.552. The molecule has 1 atom stereocenters. The van der Waals surface area contributed by atoms with Crippen LogP contribution in [0.3, 0.4) is 0 Å². The van der Waals surface area contributed by atoms with Crippen LogP contribution >= 0.6 is 0 Å². The van der Waals surface area contributed by atoms with E-state index < -0.39 is 0 Å². The monoisotopic (exact) mass is 318 g/mol. The molecule has 1 aliphatic rings. The molecule has 2 aromatic rings. The van der Waals surface area contributed by atoms with Crippen LogP contribution in [0.25, 0.3) is 11.6 Å². The lowest BCUT2D eigenvalue weighted by Gasteiger charge is -2.20. The number of aliphatic imine (C=N–C) groups is 1. The van der Waals surface area contributed by atoms with Crippen molar-refractivity contribution in [3.63, 3.8) is 0 Å². The maximum absolute atomic E-state index is 9.66. The first-order valence-electron chi connectivity index (χ1n) is 7.92. The maximum atomic E-state index is 9.66. The summed E-state index contributed by atoms with van der Waals surface area (Å²) in [7, 11) is 0. The SMILES string of the molecule is CCNC(=NCCc1nc(-c2ccco2)n[nH]1)N1CC[C@@H](O)C1. The molecular formula is C15H22N6O2. The molecule has 3 rings (SSSR count). The van der Waals surface area contributed by atoms with Gasteiger partial charge in [-0.15, -0.1) is 0 Å². The number of β-amino-alcohol motifs (C(OH)–C–C–N with tert-alkyl or cyclic N) is 1. The van der Waals surface area contributed by atoms with Crippen molar-refractivity contribution in [2.24, 2.45) is 4.99 Å². The second-order valence-electron chi connectivity index (χ2n) is 5.46. The van der Waals surface area contributed by atoms with Gasteiger partial charge in [0.15, 0.2) is 11.7 Å². The predicted octanol–water partition coefficient (Wildman–Crippen LogP) is 0.639. The molecule has 0 spiro atoms. The summed E-state index contributed by atoms with van der Waals surface area (Å²) in [6.45, 7) is 4.90. The van der Waals surface area contributed by atoms with Gasteiger partial charge < -0.3 is 19.7 Å². The van der Waals surface area contributed by atoms with Crippen LogP contribution in [0.1, 0.15) is 19.2 Å². The molecule has 3 N–H and O–H groups in total. The Hall–Kier alpha value is -2.35. The number of rotatable bonds is 5. The van der Waals surface area contributed by atoms with Crippen molar-refractivity contribution >= 4 is 5.96 Å². The van der Waals surface area contributed by atoms with Gasteiger partial charge in [0.05, 0.1) is 12.4 Å². The fourth-order valence-corrected chi connectivity index (χ4v) is 2.55. The van der Waals surface area contributed by atoms with E-state index in [0.29, 0.717) is 31.1 Å². The Morgan fingerprint density at radius 3 is 3.22 bits per heavy atom. The number of aromatic amines is 1. The molecule has 0 saturated carbocycles. The average Bonchev–Trinajstić information content (AvgIpc) is 3.27. The van der Waals surface area contributed by atoms with Gasteiger partial charge in [-0.05, 0) is 25.5 Å². The Bertz CT molecular complexity index is 636. The summed E-state index contributed by atoms with van der Waals surface area (Å²) < 4.78 is 5.27. The van der Waals surface area contributed by atoms with E-state index in [1.807, 2.05) is 19.1 Å². The molecule has 8 heteroatoms. The fraction of sp³-hybridized carbons (Fsp3) is 0.533.